The van der Waals surface area contributed by atoms with Crippen LogP contribution in [0.15, 0.2) is 53.5 Å². The summed E-state index contributed by atoms with van der Waals surface area (Å²) in [4.78, 5) is 18.7. The first-order valence-corrected chi connectivity index (χ1v) is 11.2. The summed E-state index contributed by atoms with van der Waals surface area (Å²) >= 11 is 0. The van der Waals surface area contributed by atoms with Crippen molar-refractivity contribution in [3.8, 4) is 0 Å². The summed E-state index contributed by atoms with van der Waals surface area (Å²) in [6.07, 6.45) is 4.79. The summed E-state index contributed by atoms with van der Waals surface area (Å²) in [6, 6.07) is 16.4. The normalized spacial score (nSPS) is 14.4. The molecular weight excluding hydrogens is 513 g/mol. The first-order valence-electron chi connectivity index (χ1n) is 11.2. The van der Waals surface area contributed by atoms with E-state index in [1.165, 1.54) is 43.5 Å². The Morgan fingerprint density at radius 1 is 1.00 bits per heavy atom. The summed E-state index contributed by atoms with van der Waals surface area (Å²) in [6.45, 7) is 4.91. The maximum atomic E-state index is 11.8. The maximum absolute atomic E-state index is 11.8. The molecule has 1 heterocycles. The highest BCUT2D eigenvalue weighted by Gasteiger charge is 2.12. The highest BCUT2D eigenvalue weighted by atomic mass is 127. The summed E-state index contributed by atoms with van der Waals surface area (Å²) in [5.41, 5.74) is 4.51. The summed E-state index contributed by atoms with van der Waals surface area (Å²) in [7, 11) is 3.44. The largest absolute Gasteiger partial charge is 0.356 e. The minimum atomic E-state index is -0.0597. The molecule has 0 aliphatic carbocycles. The van der Waals surface area contributed by atoms with Crippen LogP contribution in [0.1, 0.15) is 46.3 Å². The molecule has 1 saturated heterocycles. The second kappa shape index (κ2) is 14.1. The molecule has 0 spiro atoms. The first-order chi connectivity index (χ1) is 15.2. The van der Waals surface area contributed by atoms with Crippen LogP contribution >= 0.6 is 24.0 Å². The predicted molar refractivity (Wildman–Crippen MR) is 143 cm³/mol. The molecule has 0 atom stereocenters. The number of rotatable bonds is 8. The third kappa shape index (κ3) is 8.09. The van der Waals surface area contributed by atoms with Crippen LogP contribution in [-0.4, -0.2) is 50.5 Å². The molecule has 32 heavy (non-hydrogen) atoms. The van der Waals surface area contributed by atoms with E-state index in [0.29, 0.717) is 5.56 Å². The molecule has 1 fully saturated rings. The molecule has 0 aromatic heterocycles. The van der Waals surface area contributed by atoms with E-state index >= 15 is 0 Å². The van der Waals surface area contributed by atoms with Crippen LogP contribution in [0.3, 0.4) is 0 Å². The second-order valence-electron chi connectivity index (χ2n) is 7.99. The smallest absolute Gasteiger partial charge is 0.251 e. The fourth-order valence-electron chi connectivity index (χ4n) is 3.98. The lowest BCUT2D eigenvalue weighted by Gasteiger charge is -2.27. The predicted octanol–water partition coefficient (Wildman–Crippen LogP) is 3.56. The number of guanidine groups is 1. The molecule has 3 rings (SSSR count). The number of likely N-dealkylation sites (tertiary alicyclic amines) is 1. The van der Waals surface area contributed by atoms with Crippen molar-refractivity contribution in [1.82, 2.24) is 20.9 Å². The summed E-state index contributed by atoms with van der Waals surface area (Å²) in [5.74, 6) is 0.728. The monoisotopic (exact) mass is 549 g/mol. The van der Waals surface area contributed by atoms with Gasteiger partial charge < -0.3 is 16.0 Å². The van der Waals surface area contributed by atoms with E-state index in [1.807, 2.05) is 24.3 Å². The number of nitrogens with one attached hydrogen (secondary N) is 3. The minimum Gasteiger partial charge on any atom is -0.356 e. The highest BCUT2D eigenvalue weighted by molar-refractivity contribution is 14.0. The van der Waals surface area contributed by atoms with Crippen molar-refractivity contribution < 1.29 is 4.79 Å². The van der Waals surface area contributed by atoms with Crippen molar-refractivity contribution in [3.05, 3.63) is 70.8 Å². The quantitative estimate of drug-likeness (QED) is 0.268. The van der Waals surface area contributed by atoms with E-state index in [1.54, 1.807) is 14.1 Å². The van der Waals surface area contributed by atoms with Crippen LogP contribution in [0.25, 0.3) is 0 Å². The number of aliphatic imine (C=N–C) groups is 1. The molecule has 2 aromatic carbocycles. The average Bonchev–Trinajstić information content (AvgIpc) is 2.82. The van der Waals surface area contributed by atoms with Crippen molar-refractivity contribution in [2.24, 2.45) is 4.99 Å². The van der Waals surface area contributed by atoms with Crippen LogP contribution in [0, 0.1) is 0 Å². The van der Waals surface area contributed by atoms with Gasteiger partial charge in [-0.3, -0.25) is 14.7 Å². The molecular formula is C25H36IN5O. The third-order valence-electron chi connectivity index (χ3n) is 5.75. The molecule has 1 amide bonds. The zero-order valence-corrected chi connectivity index (χ0v) is 21.5. The number of benzene rings is 2. The Morgan fingerprint density at radius 3 is 2.47 bits per heavy atom. The van der Waals surface area contributed by atoms with Gasteiger partial charge in [0.2, 0.25) is 0 Å². The number of hydrogen-bond donors (Lipinski definition) is 3. The van der Waals surface area contributed by atoms with E-state index in [9.17, 15) is 4.79 Å². The zero-order chi connectivity index (χ0) is 21.9. The van der Waals surface area contributed by atoms with Crippen molar-refractivity contribution in [1.29, 1.82) is 0 Å². The fraction of sp³-hybridized carbons (Fsp3) is 0.440. The molecule has 1 aliphatic rings. The first kappa shape index (κ1) is 26.1. The van der Waals surface area contributed by atoms with Gasteiger partial charge in [-0.05, 0) is 61.2 Å². The number of amides is 1. The molecule has 174 valence electrons. The van der Waals surface area contributed by atoms with Gasteiger partial charge in [-0.1, -0.05) is 42.8 Å². The van der Waals surface area contributed by atoms with E-state index in [-0.39, 0.29) is 29.9 Å². The molecule has 0 bridgehead atoms. The van der Waals surface area contributed by atoms with Crippen LogP contribution in [0.5, 0.6) is 0 Å². The fourth-order valence-corrected chi connectivity index (χ4v) is 3.98. The molecule has 2 aromatic rings. The van der Waals surface area contributed by atoms with Gasteiger partial charge in [0.15, 0.2) is 5.96 Å². The number of hydrogen-bond acceptors (Lipinski definition) is 3. The lowest BCUT2D eigenvalue weighted by Crippen LogP contribution is -2.38. The lowest BCUT2D eigenvalue weighted by atomic mass is 10.0. The lowest BCUT2D eigenvalue weighted by molar-refractivity contribution is 0.0963. The van der Waals surface area contributed by atoms with E-state index in [4.69, 9.17) is 0 Å². The summed E-state index contributed by atoms with van der Waals surface area (Å²) < 4.78 is 0. The number of piperidine rings is 1. The third-order valence-corrected chi connectivity index (χ3v) is 5.75. The second-order valence-corrected chi connectivity index (χ2v) is 7.99. The highest BCUT2D eigenvalue weighted by Crippen LogP contribution is 2.16. The van der Waals surface area contributed by atoms with E-state index in [2.05, 4.69) is 50.1 Å². The average molecular weight is 550 g/mol. The van der Waals surface area contributed by atoms with Gasteiger partial charge in [-0.2, -0.15) is 0 Å². The van der Waals surface area contributed by atoms with Gasteiger partial charge in [0.1, 0.15) is 0 Å². The Labute approximate surface area is 209 Å². The summed E-state index contributed by atoms with van der Waals surface area (Å²) in [5, 5.41) is 9.49. The van der Waals surface area contributed by atoms with Gasteiger partial charge in [-0.25, -0.2) is 0 Å². The Bertz CT molecular complexity index is 880. The number of halogens is 1. The Hall–Kier alpha value is -2.13. The maximum Gasteiger partial charge on any atom is 0.251 e. The molecule has 0 unspecified atom stereocenters. The van der Waals surface area contributed by atoms with Crippen molar-refractivity contribution in [2.75, 3.05) is 33.7 Å². The van der Waals surface area contributed by atoms with Crippen LogP contribution < -0.4 is 16.0 Å². The van der Waals surface area contributed by atoms with Gasteiger partial charge in [0, 0.05) is 39.3 Å². The van der Waals surface area contributed by atoms with Crippen LogP contribution in [-0.2, 0) is 19.5 Å². The van der Waals surface area contributed by atoms with Crippen molar-refractivity contribution >= 4 is 35.8 Å². The Kier molecular flexibility index (Phi) is 11.5. The Morgan fingerprint density at radius 2 is 1.75 bits per heavy atom. The van der Waals surface area contributed by atoms with Gasteiger partial charge in [-0.15, -0.1) is 24.0 Å². The van der Waals surface area contributed by atoms with Crippen molar-refractivity contribution in [2.45, 2.75) is 38.8 Å². The molecule has 0 radical (unpaired) electrons. The van der Waals surface area contributed by atoms with Gasteiger partial charge in [0.25, 0.3) is 5.91 Å². The van der Waals surface area contributed by atoms with Gasteiger partial charge >= 0.3 is 0 Å². The van der Waals surface area contributed by atoms with Gasteiger partial charge in [0.05, 0.1) is 0 Å². The van der Waals surface area contributed by atoms with Crippen LogP contribution in [0.2, 0.25) is 0 Å². The molecule has 6 nitrogen and oxygen atoms in total. The van der Waals surface area contributed by atoms with Crippen LogP contribution in [0.4, 0.5) is 0 Å². The van der Waals surface area contributed by atoms with E-state index in [0.717, 1.165) is 37.6 Å². The van der Waals surface area contributed by atoms with E-state index < -0.39 is 0 Å². The number of nitrogens with zero attached hydrogens (tertiary/aromatic N) is 2. The molecule has 7 heteroatoms. The topological polar surface area (TPSA) is 68.8 Å². The molecule has 3 N–H and O–H groups in total. The molecule has 0 saturated carbocycles. The zero-order valence-electron chi connectivity index (χ0n) is 19.2. The molecule has 1 aliphatic heterocycles. The number of carbonyl (C=O) groups excluding carboxylic acids is 1. The minimum absolute atomic E-state index is 0. The number of carbonyl (C=O) groups is 1. The SMILES string of the molecule is CN=C(NCCc1cccc(C(=O)NC)c1)NCc1ccccc1CN1CCCCC1.I. The van der Waals surface area contributed by atoms with Crippen molar-refractivity contribution in [3.63, 3.8) is 0 Å². The standard InChI is InChI=1S/C25H35N5O.HI/c1-26-24(31)21-12-8-9-20(17-21)13-14-28-25(27-2)29-18-22-10-4-5-11-23(22)19-30-15-6-3-7-16-30;/h4-5,8-12,17H,3,6-7,13-16,18-19H2,1-2H3,(H,26,31)(H2,27,28,29);1H. The Balaban J connectivity index is 0.00000363.